The van der Waals surface area contributed by atoms with Gasteiger partial charge in [-0.15, -0.1) is 5.10 Å². The number of aryl methyl sites for hydroxylation is 1. The van der Waals surface area contributed by atoms with Gasteiger partial charge in [-0.2, -0.15) is 30.4 Å². The molecule has 3 aromatic heterocycles. The average molecular weight is 565 g/mol. The minimum absolute atomic E-state index is 0.0385. The number of benzene rings is 1. The predicted octanol–water partition coefficient (Wildman–Crippen LogP) is 3.46. The second-order valence-corrected chi connectivity index (χ2v) is 11.3. The van der Waals surface area contributed by atoms with Crippen LogP contribution in [0.15, 0.2) is 36.8 Å². The van der Waals surface area contributed by atoms with Crippen molar-refractivity contribution in [1.29, 1.82) is 0 Å². The van der Waals surface area contributed by atoms with Crippen molar-refractivity contribution < 1.29 is 26.3 Å². The number of ether oxygens (including phenoxy) is 1. The van der Waals surface area contributed by atoms with Gasteiger partial charge in [-0.3, -0.25) is 0 Å². The van der Waals surface area contributed by atoms with E-state index in [1.54, 1.807) is 19.1 Å². The highest BCUT2D eigenvalue weighted by Crippen LogP contribution is 2.37. The lowest BCUT2D eigenvalue weighted by atomic mass is 10.1. The van der Waals surface area contributed by atoms with Crippen molar-refractivity contribution in [2.45, 2.75) is 20.0 Å². The quantitative estimate of drug-likeness (QED) is 0.379. The van der Waals surface area contributed by atoms with E-state index < -0.39 is 21.9 Å². The number of halogens is 3. The molecule has 0 spiro atoms. The van der Waals surface area contributed by atoms with Crippen LogP contribution < -0.4 is 10.2 Å². The first-order valence-electron chi connectivity index (χ1n) is 12.0. The molecule has 0 saturated carbocycles. The standard InChI is InChI=1S/C24H27F3N8O3S/c1-15-18(24(25,26)27)6-5-7-19(15)30-22-16(2)29-23-17(20-13-34(14-28-20)39(36,37)32(3)4)12-21(31-35(22)23)33-8-10-38-11-9-33/h5-7,12-14,30H,8-11H2,1-4H3. The van der Waals surface area contributed by atoms with Crippen LogP contribution in [0.3, 0.4) is 0 Å². The van der Waals surface area contributed by atoms with Crippen molar-refractivity contribution >= 4 is 33.2 Å². The highest BCUT2D eigenvalue weighted by atomic mass is 32.2. The van der Waals surface area contributed by atoms with E-state index in [1.165, 1.54) is 44.1 Å². The van der Waals surface area contributed by atoms with Gasteiger partial charge in [0.1, 0.15) is 6.33 Å². The van der Waals surface area contributed by atoms with Crippen molar-refractivity contribution in [2.24, 2.45) is 0 Å². The zero-order valence-corrected chi connectivity index (χ0v) is 22.5. The van der Waals surface area contributed by atoms with Gasteiger partial charge in [0, 0.05) is 39.1 Å². The van der Waals surface area contributed by atoms with Crippen LogP contribution in [0.25, 0.3) is 16.9 Å². The van der Waals surface area contributed by atoms with Crippen molar-refractivity contribution in [3.8, 4) is 11.3 Å². The fraction of sp³-hybridized carbons (Fsp3) is 0.375. The molecule has 0 radical (unpaired) electrons. The average Bonchev–Trinajstić information content (AvgIpc) is 3.50. The van der Waals surface area contributed by atoms with Crippen LogP contribution in [0.5, 0.6) is 0 Å². The molecular weight excluding hydrogens is 537 g/mol. The van der Waals surface area contributed by atoms with Gasteiger partial charge in [-0.05, 0) is 37.6 Å². The second kappa shape index (κ2) is 9.81. The molecule has 11 nitrogen and oxygen atoms in total. The Morgan fingerprint density at radius 2 is 1.85 bits per heavy atom. The lowest BCUT2D eigenvalue weighted by Crippen LogP contribution is -2.37. The molecule has 1 saturated heterocycles. The van der Waals surface area contributed by atoms with Gasteiger partial charge < -0.3 is 15.0 Å². The molecule has 15 heteroatoms. The van der Waals surface area contributed by atoms with Crippen LogP contribution in [-0.4, -0.2) is 76.7 Å². The molecule has 39 heavy (non-hydrogen) atoms. The molecule has 4 aromatic rings. The normalized spacial score (nSPS) is 14.9. The Morgan fingerprint density at radius 3 is 2.51 bits per heavy atom. The van der Waals surface area contributed by atoms with Gasteiger partial charge in [-0.1, -0.05) is 6.07 Å². The zero-order chi connectivity index (χ0) is 28.1. The fourth-order valence-electron chi connectivity index (χ4n) is 4.36. The summed E-state index contributed by atoms with van der Waals surface area (Å²) in [6, 6.07) is 5.71. The number of hydrogen-bond donors (Lipinski definition) is 1. The minimum atomic E-state index is -4.50. The maximum Gasteiger partial charge on any atom is 0.416 e. The summed E-state index contributed by atoms with van der Waals surface area (Å²) in [7, 11) is -0.962. The molecule has 5 rings (SSSR count). The topological polar surface area (TPSA) is 110 Å². The van der Waals surface area contributed by atoms with Gasteiger partial charge in [0.25, 0.3) is 0 Å². The van der Waals surface area contributed by atoms with Crippen LogP contribution in [0, 0.1) is 13.8 Å². The van der Waals surface area contributed by atoms with E-state index in [1.807, 2.05) is 4.90 Å². The molecule has 1 aliphatic rings. The number of aromatic nitrogens is 5. The van der Waals surface area contributed by atoms with Crippen LogP contribution >= 0.6 is 0 Å². The van der Waals surface area contributed by atoms with Crippen molar-refractivity contribution in [3.05, 3.63) is 53.6 Å². The third-order valence-electron chi connectivity index (χ3n) is 6.54. The molecule has 1 aromatic carbocycles. The third-order valence-corrected chi connectivity index (χ3v) is 8.19. The Labute approximate surface area is 223 Å². The van der Waals surface area contributed by atoms with Crippen LogP contribution in [0.1, 0.15) is 16.8 Å². The number of hydrogen-bond acceptors (Lipinski definition) is 8. The highest BCUT2D eigenvalue weighted by molar-refractivity contribution is 7.87. The minimum Gasteiger partial charge on any atom is -0.378 e. The number of imidazole rings is 2. The summed E-state index contributed by atoms with van der Waals surface area (Å²) >= 11 is 0. The largest absolute Gasteiger partial charge is 0.416 e. The van der Waals surface area contributed by atoms with Crippen molar-refractivity contribution in [1.82, 2.24) is 27.9 Å². The zero-order valence-electron chi connectivity index (χ0n) is 21.7. The lowest BCUT2D eigenvalue weighted by molar-refractivity contribution is -0.138. The van der Waals surface area contributed by atoms with E-state index in [0.29, 0.717) is 60.5 Å². The number of nitrogens with zero attached hydrogens (tertiary/aromatic N) is 7. The van der Waals surface area contributed by atoms with E-state index in [4.69, 9.17) is 9.84 Å². The Balaban J connectivity index is 1.68. The van der Waals surface area contributed by atoms with E-state index in [9.17, 15) is 21.6 Å². The van der Waals surface area contributed by atoms with Crippen molar-refractivity contribution in [2.75, 3.05) is 50.6 Å². The molecule has 0 amide bonds. The Morgan fingerprint density at radius 1 is 1.13 bits per heavy atom. The second-order valence-electron chi connectivity index (χ2n) is 9.28. The van der Waals surface area contributed by atoms with Crippen LogP contribution in [0.2, 0.25) is 0 Å². The molecule has 0 unspecified atom stereocenters. The van der Waals surface area contributed by atoms with Crippen LogP contribution in [0.4, 0.5) is 30.5 Å². The Hall–Kier alpha value is -3.69. The number of morpholine rings is 1. The van der Waals surface area contributed by atoms with Gasteiger partial charge in [0.05, 0.1) is 35.7 Å². The molecule has 0 atom stereocenters. The smallest absolute Gasteiger partial charge is 0.378 e. The summed E-state index contributed by atoms with van der Waals surface area (Å²) < 4.78 is 75.0. The molecule has 208 valence electrons. The van der Waals surface area contributed by atoms with E-state index >= 15 is 0 Å². The SMILES string of the molecule is Cc1nc2c(-c3cn(S(=O)(=O)N(C)C)cn3)cc(N3CCOCC3)nn2c1Nc1cccc(C(F)(F)F)c1C. The maximum atomic E-state index is 13.5. The molecule has 1 N–H and O–H groups in total. The number of nitrogens with one attached hydrogen (secondary N) is 1. The molecule has 0 bridgehead atoms. The third kappa shape index (κ3) is 4.92. The summed E-state index contributed by atoms with van der Waals surface area (Å²) in [4.78, 5) is 11.0. The molecule has 4 heterocycles. The summed E-state index contributed by atoms with van der Waals surface area (Å²) in [5.74, 6) is 0.941. The van der Waals surface area contributed by atoms with E-state index in [2.05, 4.69) is 15.3 Å². The summed E-state index contributed by atoms with van der Waals surface area (Å²) in [5.41, 5.74) is 1.26. The fourth-order valence-corrected chi connectivity index (χ4v) is 5.14. The summed E-state index contributed by atoms with van der Waals surface area (Å²) in [5, 5.41) is 7.86. The first-order valence-corrected chi connectivity index (χ1v) is 13.4. The van der Waals surface area contributed by atoms with Gasteiger partial charge in [0.15, 0.2) is 17.3 Å². The van der Waals surface area contributed by atoms with Crippen LogP contribution in [-0.2, 0) is 21.1 Å². The summed E-state index contributed by atoms with van der Waals surface area (Å²) in [6.45, 7) is 5.27. The van der Waals surface area contributed by atoms with Gasteiger partial charge >= 0.3 is 16.4 Å². The Bertz CT molecular complexity index is 1640. The maximum absolute atomic E-state index is 13.5. The number of fused-ring (bicyclic) bond motifs is 1. The summed E-state index contributed by atoms with van der Waals surface area (Å²) in [6.07, 6.45) is -1.91. The van der Waals surface area contributed by atoms with Gasteiger partial charge in [0.2, 0.25) is 0 Å². The Kier molecular flexibility index (Phi) is 6.76. The van der Waals surface area contributed by atoms with E-state index in [-0.39, 0.29) is 11.3 Å². The molecule has 0 aliphatic carbocycles. The molecule has 1 fully saturated rings. The first kappa shape index (κ1) is 26.9. The molecular formula is C24H27F3N8O3S. The van der Waals surface area contributed by atoms with Crippen molar-refractivity contribution in [3.63, 3.8) is 0 Å². The highest BCUT2D eigenvalue weighted by Gasteiger charge is 2.33. The molecule has 1 aliphatic heterocycles. The number of anilines is 3. The predicted molar refractivity (Wildman–Crippen MR) is 139 cm³/mol. The lowest BCUT2D eigenvalue weighted by Gasteiger charge is -2.28. The number of rotatable bonds is 6. The number of alkyl halides is 3. The first-order chi connectivity index (χ1) is 18.4. The van der Waals surface area contributed by atoms with E-state index in [0.717, 1.165) is 14.3 Å². The monoisotopic (exact) mass is 564 g/mol. The van der Waals surface area contributed by atoms with Gasteiger partial charge in [-0.25, -0.2) is 13.9 Å².